The van der Waals surface area contributed by atoms with E-state index in [0.29, 0.717) is 0 Å². The van der Waals surface area contributed by atoms with E-state index in [4.69, 9.17) is 14.7 Å². The Kier molecular flexibility index (Phi) is 5.77. The van der Waals surface area contributed by atoms with Crippen molar-refractivity contribution >= 4 is 6.09 Å². The van der Waals surface area contributed by atoms with Crippen molar-refractivity contribution in [2.75, 3.05) is 6.67 Å². The summed E-state index contributed by atoms with van der Waals surface area (Å²) in [7, 11) is 0. The summed E-state index contributed by atoms with van der Waals surface area (Å²) < 4.78 is 25.6. The minimum Gasteiger partial charge on any atom is -0.444 e. The first kappa shape index (κ1) is 21.7. The third kappa shape index (κ3) is 4.41. The van der Waals surface area contributed by atoms with Gasteiger partial charge < -0.3 is 9.47 Å². The van der Waals surface area contributed by atoms with Crippen molar-refractivity contribution in [2.24, 2.45) is 0 Å². The van der Waals surface area contributed by atoms with E-state index in [2.05, 4.69) is 9.97 Å². The number of ether oxygens (including phenoxy) is 2. The largest absolute Gasteiger partial charge is 0.444 e. The average Bonchev–Trinajstić information content (AvgIpc) is 2.97. The molecule has 1 saturated heterocycles. The molecule has 7 nitrogen and oxygen atoms in total. The number of aromatic nitrogens is 2. The van der Waals surface area contributed by atoms with Gasteiger partial charge in [0.1, 0.15) is 30.2 Å². The molecule has 0 spiro atoms. The van der Waals surface area contributed by atoms with Gasteiger partial charge >= 0.3 is 6.09 Å². The van der Waals surface area contributed by atoms with E-state index in [0.717, 1.165) is 16.7 Å². The van der Waals surface area contributed by atoms with Crippen molar-refractivity contribution in [1.82, 2.24) is 14.9 Å². The van der Waals surface area contributed by atoms with Gasteiger partial charge in [-0.25, -0.2) is 19.2 Å². The number of alkyl halides is 1. The van der Waals surface area contributed by atoms with Crippen molar-refractivity contribution in [3.05, 3.63) is 48.0 Å². The third-order valence-electron chi connectivity index (χ3n) is 4.75. The number of amides is 1. The summed E-state index contributed by atoms with van der Waals surface area (Å²) in [5.74, 6) is 0.102. The van der Waals surface area contributed by atoms with Crippen LogP contribution in [0.15, 0.2) is 36.7 Å². The summed E-state index contributed by atoms with van der Waals surface area (Å²) in [5, 5.41) is 8.81. The first-order chi connectivity index (χ1) is 14.1. The van der Waals surface area contributed by atoms with Gasteiger partial charge in [-0.1, -0.05) is 24.3 Å². The summed E-state index contributed by atoms with van der Waals surface area (Å²) in [4.78, 5) is 22.0. The van der Waals surface area contributed by atoms with E-state index in [1.54, 1.807) is 47.0 Å². The molecule has 3 rings (SSSR count). The molecule has 0 N–H and O–H groups in total. The monoisotopic (exact) mass is 412 g/mol. The summed E-state index contributed by atoms with van der Waals surface area (Å²) in [6.45, 7) is 7.98. The molecular formula is C22H25FN4O3. The molecule has 8 heteroatoms. The lowest BCUT2D eigenvalue weighted by atomic mass is 10.00. The molecule has 1 fully saturated rings. The molecule has 0 bridgehead atoms. The second-order valence-corrected chi connectivity index (χ2v) is 8.59. The Hall–Kier alpha value is -3.05. The zero-order valence-electron chi connectivity index (χ0n) is 17.7. The Labute approximate surface area is 175 Å². The van der Waals surface area contributed by atoms with Gasteiger partial charge in [0.25, 0.3) is 0 Å². The van der Waals surface area contributed by atoms with Gasteiger partial charge in [0, 0.05) is 18.0 Å². The number of rotatable bonds is 3. The lowest BCUT2D eigenvalue weighted by Gasteiger charge is -2.34. The van der Waals surface area contributed by atoms with Crippen molar-refractivity contribution in [2.45, 2.75) is 58.1 Å². The van der Waals surface area contributed by atoms with Gasteiger partial charge in [0.2, 0.25) is 5.82 Å². The highest BCUT2D eigenvalue weighted by molar-refractivity contribution is 5.70. The standard InChI is InChI=1S/C22H25FN4O3/c1-21(2,3)30-20(28)27-17(10-23)19(29-22(27,4)5)15-8-6-14(7-9-15)16-12-25-18(11-24)26-13-16/h6-9,12-13,17,19H,10H2,1-5H3/t17-,19-/m1/s1. The summed E-state index contributed by atoms with van der Waals surface area (Å²) in [6, 6.07) is 8.43. The molecule has 158 valence electrons. The van der Waals surface area contributed by atoms with E-state index in [-0.39, 0.29) is 5.82 Å². The number of carbonyl (C=O) groups is 1. The number of hydrogen-bond donors (Lipinski definition) is 0. The van der Waals surface area contributed by atoms with E-state index >= 15 is 0 Å². The molecule has 0 aliphatic carbocycles. The number of halogens is 1. The van der Waals surface area contributed by atoms with E-state index in [9.17, 15) is 9.18 Å². The van der Waals surface area contributed by atoms with Gasteiger partial charge in [0.15, 0.2) is 0 Å². The first-order valence-electron chi connectivity index (χ1n) is 9.64. The van der Waals surface area contributed by atoms with Crippen LogP contribution >= 0.6 is 0 Å². The molecule has 0 radical (unpaired) electrons. The van der Waals surface area contributed by atoms with Crippen molar-refractivity contribution in [1.29, 1.82) is 5.26 Å². The van der Waals surface area contributed by atoms with Crippen molar-refractivity contribution in [3.8, 4) is 17.2 Å². The summed E-state index contributed by atoms with van der Waals surface area (Å²) in [6.07, 6.45) is 1.90. The Morgan fingerprint density at radius 3 is 2.33 bits per heavy atom. The molecule has 0 saturated carbocycles. The third-order valence-corrected chi connectivity index (χ3v) is 4.75. The SMILES string of the molecule is CC(C)(C)OC(=O)N1[C@H](CF)[C@@H](c2ccc(-c3cnc(C#N)nc3)cc2)OC1(C)C. The molecule has 2 aromatic rings. The normalized spacial score (nSPS) is 20.6. The molecule has 1 amide bonds. The molecule has 2 heterocycles. The van der Waals surface area contributed by atoms with Gasteiger partial charge in [-0.05, 0) is 45.7 Å². The summed E-state index contributed by atoms with van der Waals surface area (Å²) in [5.41, 5.74) is 0.627. The van der Waals surface area contributed by atoms with Crippen LogP contribution in [0.5, 0.6) is 0 Å². The van der Waals surface area contributed by atoms with Crippen LogP contribution in [0, 0.1) is 11.3 Å². The molecular weight excluding hydrogens is 387 g/mol. The second-order valence-electron chi connectivity index (χ2n) is 8.59. The molecule has 1 aromatic carbocycles. The molecule has 1 aromatic heterocycles. The van der Waals surface area contributed by atoms with Crippen LogP contribution in [-0.2, 0) is 9.47 Å². The van der Waals surface area contributed by atoms with E-state index in [1.807, 2.05) is 30.3 Å². The fourth-order valence-corrected chi connectivity index (χ4v) is 3.49. The van der Waals surface area contributed by atoms with Crippen LogP contribution in [0.2, 0.25) is 0 Å². The van der Waals surface area contributed by atoms with Gasteiger partial charge in [0.05, 0.1) is 6.04 Å². The Morgan fingerprint density at radius 2 is 1.83 bits per heavy atom. The van der Waals surface area contributed by atoms with Gasteiger partial charge in [-0.15, -0.1) is 0 Å². The van der Waals surface area contributed by atoms with E-state index in [1.165, 1.54) is 4.90 Å². The quantitative estimate of drug-likeness (QED) is 0.743. The number of benzene rings is 1. The van der Waals surface area contributed by atoms with Gasteiger partial charge in [-0.2, -0.15) is 5.26 Å². The zero-order chi connectivity index (χ0) is 22.1. The molecule has 2 atom stereocenters. The van der Waals surface area contributed by atoms with E-state index < -0.39 is 36.2 Å². The Morgan fingerprint density at radius 1 is 1.23 bits per heavy atom. The smallest absolute Gasteiger partial charge is 0.413 e. The van der Waals surface area contributed by atoms with Crippen LogP contribution in [0.1, 0.15) is 52.1 Å². The average molecular weight is 412 g/mol. The lowest BCUT2D eigenvalue weighted by molar-refractivity contribution is -0.0797. The minimum atomic E-state index is -1.02. The molecule has 0 unspecified atom stereocenters. The topological polar surface area (TPSA) is 88.3 Å². The highest BCUT2D eigenvalue weighted by Crippen LogP contribution is 2.42. The fraction of sp³-hybridized carbons (Fsp3) is 0.455. The summed E-state index contributed by atoms with van der Waals surface area (Å²) >= 11 is 0. The maximum absolute atomic E-state index is 14.1. The predicted molar refractivity (Wildman–Crippen MR) is 108 cm³/mol. The number of nitrogens with zero attached hydrogens (tertiary/aromatic N) is 4. The predicted octanol–water partition coefficient (Wildman–Crippen LogP) is 4.40. The van der Waals surface area contributed by atoms with Gasteiger partial charge in [-0.3, -0.25) is 4.90 Å². The Balaban J connectivity index is 1.86. The fourth-order valence-electron chi connectivity index (χ4n) is 3.49. The number of carbonyl (C=O) groups excluding carboxylic acids is 1. The highest BCUT2D eigenvalue weighted by Gasteiger charge is 2.51. The highest BCUT2D eigenvalue weighted by atomic mass is 19.1. The van der Waals surface area contributed by atoms with Crippen LogP contribution in [0.3, 0.4) is 0 Å². The van der Waals surface area contributed by atoms with Crippen LogP contribution in [0.25, 0.3) is 11.1 Å². The van der Waals surface area contributed by atoms with Crippen LogP contribution in [0.4, 0.5) is 9.18 Å². The zero-order valence-corrected chi connectivity index (χ0v) is 17.7. The second kappa shape index (κ2) is 8.00. The van der Waals surface area contributed by atoms with Crippen molar-refractivity contribution < 1.29 is 18.7 Å². The molecule has 1 aliphatic heterocycles. The maximum Gasteiger partial charge on any atom is 0.413 e. The first-order valence-corrected chi connectivity index (χ1v) is 9.64. The van der Waals surface area contributed by atoms with Crippen molar-refractivity contribution in [3.63, 3.8) is 0 Å². The Bertz CT molecular complexity index is 946. The lowest BCUT2D eigenvalue weighted by Crippen LogP contribution is -2.50. The molecule has 30 heavy (non-hydrogen) atoms. The molecule has 1 aliphatic rings. The minimum absolute atomic E-state index is 0.102. The number of hydrogen-bond acceptors (Lipinski definition) is 6. The van der Waals surface area contributed by atoms with Crippen LogP contribution < -0.4 is 0 Å². The maximum atomic E-state index is 14.1. The number of nitriles is 1. The van der Waals surface area contributed by atoms with Crippen LogP contribution in [-0.4, -0.2) is 45.0 Å².